The minimum Gasteiger partial charge on any atom is -0.503 e. The summed E-state index contributed by atoms with van der Waals surface area (Å²) < 4.78 is 1.85. The van der Waals surface area contributed by atoms with Crippen LogP contribution >= 0.6 is 0 Å². The summed E-state index contributed by atoms with van der Waals surface area (Å²) in [6, 6.07) is 11.7. The third-order valence-corrected chi connectivity index (χ3v) is 3.84. The first kappa shape index (κ1) is 17.2. The lowest BCUT2D eigenvalue weighted by molar-refractivity contribution is 0.255. The first-order valence-corrected chi connectivity index (χ1v) is 7.93. The number of benzene rings is 1. The van der Waals surface area contributed by atoms with Gasteiger partial charge in [-0.05, 0) is 18.5 Å². The normalized spacial score (nSPS) is 11.1. The van der Waals surface area contributed by atoms with Gasteiger partial charge in [0, 0.05) is 38.0 Å². The van der Waals surface area contributed by atoms with Crippen molar-refractivity contribution in [1.82, 2.24) is 9.47 Å². The predicted octanol–water partition coefficient (Wildman–Crippen LogP) is 1.96. The van der Waals surface area contributed by atoms with Gasteiger partial charge in [-0.2, -0.15) is 0 Å². The predicted molar refractivity (Wildman–Crippen MR) is 90.3 cm³/mol. The zero-order chi connectivity index (χ0) is 16.7. The van der Waals surface area contributed by atoms with Gasteiger partial charge in [-0.1, -0.05) is 37.3 Å². The molecule has 5 nitrogen and oxygen atoms in total. The van der Waals surface area contributed by atoms with Crippen molar-refractivity contribution in [3.05, 3.63) is 64.1 Å². The number of aromatic nitrogens is 1. The maximum Gasteiger partial charge on any atom is 0.223 e. The molecule has 2 rings (SSSR count). The van der Waals surface area contributed by atoms with E-state index >= 15 is 0 Å². The number of hydrogen-bond acceptors (Lipinski definition) is 4. The van der Waals surface area contributed by atoms with Gasteiger partial charge < -0.3 is 14.8 Å². The van der Waals surface area contributed by atoms with Gasteiger partial charge in [-0.25, -0.2) is 0 Å². The summed E-state index contributed by atoms with van der Waals surface area (Å²) in [5.41, 5.74) is 1.70. The molecule has 1 heterocycles. The van der Waals surface area contributed by atoms with E-state index in [2.05, 4.69) is 24.0 Å². The lowest BCUT2D eigenvalue weighted by Gasteiger charge is -2.23. The molecule has 0 atom stereocenters. The van der Waals surface area contributed by atoms with Crippen molar-refractivity contribution in [2.45, 2.75) is 33.0 Å². The number of nitrogens with zero attached hydrogens (tertiary/aromatic N) is 2. The summed E-state index contributed by atoms with van der Waals surface area (Å²) in [6.07, 6.45) is 2.05. The van der Waals surface area contributed by atoms with Crippen LogP contribution in [0.5, 0.6) is 5.75 Å². The molecule has 0 spiro atoms. The summed E-state index contributed by atoms with van der Waals surface area (Å²) in [5.74, 6) is -0.252. The van der Waals surface area contributed by atoms with Crippen molar-refractivity contribution in [2.75, 3.05) is 13.2 Å². The van der Waals surface area contributed by atoms with E-state index in [-0.39, 0.29) is 17.8 Å². The van der Waals surface area contributed by atoms with Crippen molar-refractivity contribution in [2.24, 2.45) is 0 Å². The van der Waals surface area contributed by atoms with Crippen LogP contribution in [-0.4, -0.2) is 32.8 Å². The summed E-state index contributed by atoms with van der Waals surface area (Å²) >= 11 is 0. The van der Waals surface area contributed by atoms with Gasteiger partial charge >= 0.3 is 0 Å². The number of aliphatic hydroxyl groups excluding tert-OH is 1. The van der Waals surface area contributed by atoms with Crippen LogP contribution < -0.4 is 5.43 Å². The highest BCUT2D eigenvalue weighted by molar-refractivity contribution is 5.21. The molecule has 1 aromatic carbocycles. The zero-order valence-electron chi connectivity index (χ0n) is 13.5. The van der Waals surface area contributed by atoms with Crippen LogP contribution in [0.1, 0.15) is 24.6 Å². The lowest BCUT2D eigenvalue weighted by Crippen LogP contribution is -2.26. The molecule has 0 aliphatic carbocycles. The lowest BCUT2D eigenvalue weighted by atomic mass is 10.2. The van der Waals surface area contributed by atoms with E-state index < -0.39 is 0 Å². The largest absolute Gasteiger partial charge is 0.503 e. The van der Waals surface area contributed by atoms with E-state index in [1.807, 2.05) is 22.8 Å². The molecule has 23 heavy (non-hydrogen) atoms. The van der Waals surface area contributed by atoms with Crippen LogP contribution in [-0.2, 0) is 19.6 Å². The fourth-order valence-electron chi connectivity index (χ4n) is 2.54. The Labute approximate surface area is 136 Å². The van der Waals surface area contributed by atoms with Gasteiger partial charge in [0.25, 0.3) is 0 Å². The molecule has 124 valence electrons. The van der Waals surface area contributed by atoms with E-state index in [0.717, 1.165) is 18.8 Å². The Morgan fingerprint density at radius 1 is 1.17 bits per heavy atom. The van der Waals surface area contributed by atoms with Gasteiger partial charge in [-0.15, -0.1) is 0 Å². The van der Waals surface area contributed by atoms with Crippen LogP contribution in [0, 0.1) is 0 Å². The zero-order valence-corrected chi connectivity index (χ0v) is 13.5. The highest BCUT2D eigenvalue weighted by Crippen LogP contribution is 2.12. The average Bonchev–Trinajstić information content (AvgIpc) is 2.57. The van der Waals surface area contributed by atoms with E-state index in [4.69, 9.17) is 5.11 Å². The Balaban J connectivity index is 2.18. The fourth-order valence-corrected chi connectivity index (χ4v) is 2.54. The van der Waals surface area contributed by atoms with Crippen LogP contribution in [0.25, 0.3) is 0 Å². The van der Waals surface area contributed by atoms with Crippen molar-refractivity contribution in [3.63, 3.8) is 0 Å². The number of aliphatic hydroxyl groups is 1. The fraction of sp³-hybridized carbons (Fsp3) is 0.389. The standard InChI is InChI=1S/C18H24N2O3/c1-2-19(12-15-7-4-3-5-8-15)13-16-11-17(22)18(23)14-20(16)9-6-10-21/h3-5,7-8,11,14,21,23H,2,6,9-10,12-13H2,1H3. The molecule has 2 aromatic rings. The minimum absolute atomic E-state index is 0.0772. The summed E-state index contributed by atoms with van der Waals surface area (Å²) in [7, 11) is 0. The summed E-state index contributed by atoms with van der Waals surface area (Å²) in [4.78, 5) is 14.0. The van der Waals surface area contributed by atoms with E-state index in [9.17, 15) is 9.90 Å². The second-order valence-electron chi connectivity index (χ2n) is 5.57. The molecule has 0 amide bonds. The molecule has 5 heteroatoms. The van der Waals surface area contributed by atoms with Gasteiger partial charge in [0.05, 0.1) is 6.20 Å². The van der Waals surface area contributed by atoms with Crippen LogP contribution in [0.4, 0.5) is 0 Å². The molecule has 0 unspecified atom stereocenters. The second-order valence-corrected chi connectivity index (χ2v) is 5.57. The van der Waals surface area contributed by atoms with E-state index in [1.165, 1.54) is 17.8 Å². The molecule has 1 aromatic heterocycles. The number of rotatable bonds is 8. The van der Waals surface area contributed by atoms with Gasteiger partial charge in [0.1, 0.15) is 0 Å². The Bertz CT molecular complexity index is 668. The smallest absolute Gasteiger partial charge is 0.223 e. The topological polar surface area (TPSA) is 65.7 Å². The maximum atomic E-state index is 11.8. The van der Waals surface area contributed by atoms with Crippen LogP contribution in [0.2, 0.25) is 0 Å². The highest BCUT2D eigenvalue weighted by Gasteiger charge is 2.10. The molecular weight excluding hydrogens is 292 g/mol. The molecule has 0 saturated heterocycles. The van der Waals surface area contributed by atoms with Crippen LogP contribution in [0.15, 0.2) is 47.4 Å². The summed E-state index contributed by atoms with van der Waals surface area (Å²) in [5, 5.41) is 18.7. The third kappa shape index (κ3) is 4.94. The SMILES string of the molecule is CCN(Cc1ccccc1)Cc1cc(=O)c(O)cn1CCCO. The van der Waals surface area contributed by atoms with Gasteiger partial charge in [0.2, 0.25) is 5.43 Å². The molecular formula is C18H24N2O3. The first-order chi connectivity index (χ1) is 11.1. The second kappa shape index (κ2) is 8.50. The van der Waals surface area contributed by atoms with Crippen LogP contribution in [0.3, 0.4) is 0 Å². The number of aryl methyl sites for hydroxylation is 1. The maximum absolute atomic E-state index is 11.8. The molecule has 0 saturated carbocycles. The monoisotopic (exact) mass is 316 g/mol. The first-order valence-electron chi connectivity index (χ1n) is 7.93. The van der Waals surface area contributed by atoms with Gasteiger partial charge in [0.15, 0.2) is 5.75 Å². The molecule has 0 aliphatic heterocycles. The highest BCUT2D eigenvalue weighted by atomic mass is 16.3. The van der Waals surface area contributed by atoms with Crippen molar-refractivity contribution in [3.8, 4) is 5.75 Å². The molecule has 0 aliphatic rings. The Hall–Kier alpha value is -2.11. The minimum atomic E-state index is -0.365. The Morgan fingerprint density at radius 2 is 1.91 bits per heavy atom. The number of hydrogen-bond donors (Lipinski definition) is 2. The van der Waals surface area contributed by atoms with Crippen molar-refractivity contribution >= 4 is 0 Å². The van der Waals surface area contributed by atoms with Gasteiger partial charge in [-0.3, -0.25) is 9.69 Å². The Kier molecular flexibility index (Phi) is 6.38. The average molecular weight is 316 g/mol. The molecule has 0 radical (unpaired) electrons. The van der Waals surface area contributed by atoms with Crippen molar-refractivity contribution in [1.29, 1.82) is 0 Å². The third-order valence-electron chi connectivity index (χ3n) is 3.84. The quantitative estimate of drug-likeness (QED) is 0.781. The Morgan fingerprint density at radius 3 is 2.57 bits per heavy atom. The number of pyridine rings is 1. The summed E-state index contributed by atoms with van der Waals surface area (Å²) in [6.45, 7) is 5.00. The molecule has 2 N–H and O–H groups in total. The van der Waals surface area contributed by atoms with E-state index in [0.29, 0.717) is 19.5 Å². The molecule has 0 fully saturated rings. The van der Waals surface area contributed by atoms with E-state index in [1.54, 1.807) is 0 Å². The van der Waals surface area contributed by atoms with Crippen molar-refractivity contribution < 1.29 is 10.2 Å². The molecule has 0 bridgehead atoms. The number of aromatic hydroxyl groups is 1.